The number of nitrogens with zero attached hydrogens (tertiary/aromatic N) is 2. The second-order valence-corrected chi connectivity index (χ2v) is 7.89. The number of rotatable bonds is 6. The lowest BCUT2D eigenvalue weighted by Gasteiger charge is -2.24. The Morgan fingerprint density at radius 1 is 1.36 bits per heavy atom. The van der Waals surface area contributed by atoms with Crippen molar-refractivity contribution < 1.29 is 4.79 Å². The molecule has 0 bridgehead atoms. The van der Waals surface area contributed by atoms with Crippen molar-refractivity contribution in [2.75, 3.05) is 5.75 Å². The van der Waals surface area contributed by atoms with Gasteiger partial charge < -0.3 is 9.88 Å². The second-order valence-electron chi connectivity index (χ2n) is 6.95. The predicted molar refractivity (Wildman–Crippen MR) is 92.4 cm³/mol. The van der Waals surface area contributed by atoms with Gasteiger partial charge >= 0.3 is 0 Å². The highest BCUT2D eigenvalue weighted by Gasteiger charge is 2.24. The molecule has 4 nitrogen and oxygen atoms in total. The lowest BCUT2D eigenvalue weighted by atomic mass is 10.0. The Bertz CT molecular complexity index is 530. The minimum atomic E-state index is -0.135. The predicted octanol–water partition coefficient (Wildman–Crippen LogP) is 4.01. The third-order valence-corrected chi connectivity index (χ3v) is 5.69. The van der Waals surface area contributed by atoms with Gasteiger partial charge in [-0.15, -0.1) is 0 Å². The molecule has 1 amide bonds. The van der Waals surface area contributed by atoms with Crippen LogP contribution in [-0.2, 0) is 4.79 Å². The number of aromatic nitrogens is 2. The van der Waals surface area contributed by atoms with Gasteiger partial charge in [0.25, 0.3) is 0 Å². The van der Waals surface area contributed by atoms with E-state index in [0.717, 1.165) is 17.3 Å². The minimum absolute atomic E-state index is 0.0909. The van der Waals surface area contributed by atoms with Crippen LogP contribution in [0.4, 0.5) is 0 Å². The van der Waals surface area contributed by atoms with Crippen molar-refractivity contribution in [1.29, 1.82) is 0 Å². The molecule has 0 atom stereocenters. The van der Waals surface area contributed by atoms with Gasteiger partial charge in [-0.3, -0.25) is 4.79 Å². The first-order chi connectivity index (χ1) is 10.3. The second kappa shape index (κ2) is 7.07. The first-order valence-corrected chi connectivity index (χ1v) is 9.32. The smallest absolute Gasteiger partial charge is 0.230 e. The number of amides is 1. The lowest BCUT2D eigenvalue weighted by Crippen LogP contribution is -2.43. The maximum absolute atomic E-state index is 12.1. The van der Waals surface area contributed by atoms with E-state index in [2.05, 4.69) is 49.5 Å². The molecule has 22 heavy (non-hydrogen) atoms. The van der Waals surface area contributed by atoms with E-state index in [1.54, 1.807) is 11.8 Å². The van der Waals surface area contributed by atoms with Gasteiger partial charge in [0.05, 0.1) is 11.4 Å². The zero-order valence-electron chi connectivity index (χ0n) is 14.5. The summed E-state index contributed by atoms with van der Waals surface area (Å²) in [5.41, 5.74) is 2.21. The molecule has 0 radical (unpaired) electrons. The van der Waals surface area contributed by atoms with Crippen LogP contribution in [0.3, 0.4) is 0 Å². The fourth-order valence-electron chi connectivity index (χ4n) is 2.92. The van der Waals surface area contributed by atoms with E-state index >= 15 is 0 Å². The number of nitrogens with one attached hydrogen (secondary N) is 1. The molecule has 0 saturated heterocycles. The van der Waals surface area contributed by atoms with Crippen molar-refractivity contribution in [2.24, 2.45) is 0 Å². The zero-order chi connectivity index (χ0) is 16.3. The van der Waals surface area contributed by atoms with Gasteiger partial charge in [-0.1, -0.05) is 31.5 Å². The van der Waals surface area contributed by atoms with E-state index in [1.807, 2.05) is 0 Å². The summed E-state index contributed by atoms with van der Waals surface area (Å²) in [7, 11) is 0. The van der Waals surface area contributed by atoms with Crippen LogP contribution < -0.4 is 5.32 Å². The summed E-state index contributed by atoms with van der Waals surface area (Å²) >= 11 is 1.57. The number of hydrogen-bond acceptors (Lipinski definition) is 3. The Kier molecular flexibility index (Phi) is 5.59. The van der Waals surface area contributed by atoms with E-state index in [4.69, 9.17) is 0 Å². The summed E-state index contributed by atoms with van der Waals surface area (Å²) in [5.74, 6) is 0.527. The Labute approximate surface area is 138 Å². The van der Waals surface area contributed by atoms with Crippen molar-refractivity contribution in [2.45, 2.75) is 83.5 Å². The molecule has 1 aromatic heterocycles. The molecule has 1 N–H and O–H groups in total. The van der Waals surface area contributed by atoms with Gasteiger partial charge in [-0.2, -0.15) is 0 Å². The molecule has 1 fully saturated rings. The average molecular weight is 324 g/mol. The van der Waals surface area contributed by atoms with Crippen molar-refractivity contribution >= 4 is 17.7 Å². The molecule has 1 aromatic rings. The van der Waals surface area contributed by atoms with E-state index in [1.165, 1.54) is 31.4 Å². The number of imidazole rings is 1. The average Bonchev–Trinajstić information content (AvgIpc) is 3.06. The molecule has 1 heterocycles. The molecule has 124 valence electrons. The highest BCUT2D eigenvalue weighted by molar-refractivity contribution is 7.99. The Balaban J connectivity index is 2.04. The Morgan fingerprint density at radius 2 is 2.00 bits per heavy atom. The molecule has 0 unspecified atom stereocenters. The van der Waals surface area contributed by atoms with Gasteiger partial charge in [-0.05, 0) is 47.0 Å². The van der Waals surface area contributed by atoms with Crippen LogP contribution in [0.25, 0.3) is 0 Å². The first-order valence-electron chi connectivity index (χ1n) is 8.33. The number of thioether (sulfide) groups is 1. The number of carbonyl (C=O) groups excluding carboxylic acids is 1. The molecule has 0 aliphatic heterocycles. The SMILES string of the molecule is CCC(C)(C)NC(=O)CSc1nc(C)c(C)n1C1CCCC1. The zero-order valence-corrected chi connectivity index (χ0v) is 15.3. The molecule has 1 aliphatic carbocycles. The molecule has 1 aliphatic rings. The van der Waals surface area contributed by atoms with E-state index < -0.39 is 0 Å². The summed E-state index contributed by atoms with van der Waals surface area (Å²) in [6.07, 6.45) is 6.00. The molecule has 1 saturated carbocycles. The molecular formula is C17H29N3OS. The van der Waals surface area contributed by atoms with Crippen LogP contribution in [0.2, 0.25) is 0 Å². The summed E-state index contributed by atoms with van der Waals surface area (Å²) in [6, 6.07) is 0.568. The summed E-state index contributed by atoms with van der Waals surface area (Å²) < 4.78 is 2.37. The highest BCUT2D eigenvalue weighted by atomic mass is 32.2. The van der Waals surface area contributed by atoms with Crippen molar-refractivity contribution in [3.8, 4) is 0 Å². The quantitative estimate of drug-likeness (QED) is 0.805. The van der Waals surface area contributed by atoms with Gasteiger partial charge in [0.2, 0.25) is 5.91 Å². The standard InChI is InChI=1S/C17H29N3OS/c1-6-17(4,5)19-15(21)11-22-16-18-12(2)13(3)20(16)14-9-7-8-10-14/h14H,6-11H2,1-5H3,(H,19,21). The van der Waals surface area contributed by atoms with Gasteiger partial charge in [0, 0.05) is 17.3 Å². The van der Waals surface area contributed by atoms with Crippen LogP contribution in [0.5, 0.6) is 0 Å². The molecule has 0 spiro atoms. The van der Waals surface area contributed by atoms with Crippen LogP contribution in [0.15, 0.2) is 5.16 Å². The number of hydrogen-bond donors (Lipinski definition) is 1. The molecule has 0 aromatic carbocycles. The minimum Gasteiger partial charge on any atom is -0.351 e. The lowest BCUT2D eigenvalue weighted by molar-refractivity contribution is -0.120. The number of carbonyl (C=O) groups is 1. The molecule has 2 rings (SSSR count). The normalized spacial score (nSPS) is 16.2. The summed E-state index contributed by atoms with van der Waals surface area (Å²) in [5, 5.41) is 4.10. The number of aryl methyl sites for hydroxylation is 1. The Morgan fingerprint density at radius 3 is 2.59 bits per heavy atom. The monoisotopic (exact) mass is 323 g/mol. The van der Waals surface area contributed by atoms with Crippen LogP contribution >= 0.6 is 11.8 Å². The highest BCUT2D eigenvalue weighted by Crippen LogP contribution is 2.35. The van der Waals surface area contributed by atoms with Crippen molar-refractivity contribution in [3.63, 3.8) is 0 Å². The van der Waals surface area contributed by atoms with Gasteiger partial charge in [0.1, 0.15) is 0 Å². The van der Waals surface area contributed by atoms with E-state index in [-0.39, 0.29) is 11.4 Å². The maximum Gasteiger partial charge on any atom is 0.230 e. The van der Waals surface area contributed by atoms with Crippen LogP contribution in [0.1, 0.15) is 70.3 Å². The van der Waals surface area contributed by atoms with Crippen molar-refractivity contribution in [3.05, 3.63) is 11.4 Å². The summed E-state index contributed by atoms with van der Waals surface area (Å²) in [6.45, 7) is 10.4. The third-order valence-electron chi connectivity index (χ3n) is 4.74. The van der Waals surface area contributed by atoms with Crippen molar-refractivity contribution in [1.82, 2.24) is 14.9 Å². The van der Waals surface area contributed by atoms with E-state index in [0.29, 0.717) is 11.8 Å². The summed E-state index contributed by atoms with van der Waals surface area (Å²) in [4.78, 5) is 16.8. The fraction of sp³-hybridized carbons (Fsp3) is 0.765. The maximum atomic E-state index is 12.1. The van der Waals surface area contributed by atoms with Crippen LogP contribution in [-0.4, -0.2) is 26.8 Å². The largest absolute Gasteiger partial charge is 0.351 e. The first kappa shape index (κ1) is 17.4. The topological polar surface area (TPSA) is 46.9 Å². The van der Waals surface area contributed by atoms with E-state index in [9.17, 15) is 4.79 Å². The molecule has 5 heteroatoms. The fourth-order valence-corrected chi connectivity index (χ4v) is 3.88. The molecular weight excluding hydrogens is 294 g/mol. The van der Waals surface area contributed by atoms with Gasteiger partial charge in [-0.25, -0.2) is 4.98 Å². The van der Waals surface area contributed by atoms with Crippen LogP contribution in [0, 0.1) is 13.8 Å². The third kappa shape index (κ3) is 4.06. The Hall–Kier alpha value is -0.970. The van der Waals surface area contributed by atoms with Gasteiger partial charge in [0.15, 0.2) is 5.16 Å².